The predicted molar refractivity (Wildman–Crippen MR) is 72.8 cm³/mol. The number of hydrogen-bond acceptors (Lipinski definition) is 4. The largest absolute Gasteiger partial charge is 0.388 e. The second-order valence-electron chi connectivity index (χ2n) is 4.96. The Labute approximate surface area is 114 Å². The lowest BCUT2D eigenvalue weighted by Crippen LogP contribution is -2.42. The third-order valence-corrected chi connectivity index (χ3v) is 2.96. The van der Waals surface area contributed by atoms with E-state index in [1.165, 1.54) is 0 Å². The highest BCUT2D eigenvalue weighted by Gasteiger charge is 2.21. The van der Waals surface area contributed by atoms with Gasteiger partial charge >= 0.3 is 0 Å². The molecule has 0 radical (unpaired) electrons. The zero-order chi connectivity index (χ0) is 14.3. The number of aliphatic hydroxyl groups is 1. The number of hydrogen-bond donors (Lipinski definition) is 2. The first-order chi connectivity index (χ1) is 8.94. The Balaban J connectivity index is 2.42. The topological polar surface area (TPSA) is 71.5 Å². The van der Waals surface area contributed by atoms with Gasteiger partial charge < -0.3 is 15.2 Å². The molecular weight excluding hydrogens is 244 g/mol. The van der Waals surface area contributed by atoms with Crippen LogP contribution >= 0.6 is 0 Å². The van der Waals surface area contributed by atoms with Crippen molar-refractivity contribution in [2.75, 3.05) is 20.3 Å². The third-order valence-electron chi connectivity index (χ3n) is 2.96. The molecule has 0 fully saturated rings. The second kappa shape index (κ2) is 7.21. The van der Waals surface area contributed by atoms with E-state index in [4.69, 9.17) is 4.74 Å². The van der Waals surface area contributed by atoms with Gasteiger partial charge in [0.05, 0.1) is 17.7 Å². The molecule has 1 aromatic heterocycles. The number of amides is 1. The summed E-state index contributed by atoms with van der Waals surface area (Å²) >= 11 is 0. The number of aromatic nitrogens is 1. The van der Waals surface area contributed by atoms with Crippen molar-refractivity contribution in [2.24, 2.45) is 0 Å². The first-order valence-corrected chi connectivity index (χ1v) is 6.33. The molecule has 0 aliphatic rings. The van der Waals surface area contributed by atoms with Gasteiger partial charge in [0, 0.05) is 32.9 Å². The number of carbonyl (C=O) groups excluding carboxylic acids is 1. The van der Waals surface area contributed by atoms with Crippen LogP contribution in [0.25, 0.3) is 0 Å². The highest BCUT2D eigenvalue weighted by molar-refractivity contribution is 5.78. The second-order valence-corrected chi connectivity index (χ2v) is 4.96. The number of carbonyl (C=O) groups is 1. The number of pyridine rings is 1. The van der Waals surface area contributed by atoms with Crippen LogP contribution in [0.1, 0.15) is 24.6 Å². The molecule has 106 valence electrons. The van der Waals surface area contributed by atoms with E-state index in [9.17, 15) is 9.90 Å². The van der Waals surface area contributed by atoms with Crippen LogP contribution in [0.4, 0.5) is 0 Å². The van der Waals surface area contributed by atoms with Crippen molar-refractivity contribution >= 4 is 5.91 Å². The Morgan fingerprint density at radius 3 is 2.95 bits per heavy atom. The van der Waals surface area contributed by atoms with E-state index in [0.717, 1.165) is 11.3 Å². The molecule has 0 bridgehead atoms. The average molecular weight is 266 g/mol. The van der Waals surface area contributed by atoms with Crippen LogP contribution in [-0.2, 0) is 16.0 Å². The van der Waals surface area contributed by atoms with Crippen LogP contribution < -0.4 is 5.32 Å². The Kier molecular flexibility index (Phi) is 5.92. The van der Waals surface area contributed by atoms with Crippen molar-refractivity contribution in [1.82, 2.24) is 10.3 Å². The monoisotopic (exact) mass is 266 g/mol. The Bertz CT molecular complexity index is 419. The summed E-state index contributed by atoms with van der Waals surface area (Å²) < 4.78 is 4.91. The van der Waals surface area contributed by atoms with Crippen molar-refractivity contribution in [1.29, 1.82) is 0 Å². The maximum Gasteiger partial charge on any atom is 0.226 e. The summed E-state index contributed by atoms with van der Waals surface area (Å²) in [6, 6.07) is 3.76. The van der Waals surface area contributed by atoms with Gasteiger partial charge in [0.25, 0.3) is 0 Å². The van der Waals surface area contributed by atoms with Crippen molar-refractivity contribution in [3.8, 4) is 0 Å². The first-order valence-electron chi connectivity index (χ1n) is 6.33. The summed E-state index contributed by atoms with van der Waals surface area (Å²) in [7, 11) is 1.58. The molecule has 0 aromatic carbocycles. The smallest absolute Gasteiger partial charge is 0.226 e. The van der Waals surface area contributed by atoms with Crippen LogP contribution in [0.15, 0.2) is 18.3 Å². The van der Waals surface area contributed by atoms with Crippen molar-refractivity contribution < 1.29 is 14.6 Å². The van der Waals surface area contributed by atoms with Crippen LogP contribution in [0.5, 0.6) is 0 Å². The molecule has 0 aliphatic heterocycles. The van der Waals surface area contributed by atoms with Gasteiger partial charge in [-0.3, -0.25) is 9.78 Å². The number of nitrogens with one attached hydrogen (secondary N) is 1. The number of nitrogens with zero attached hydrogens (tertiary/aromatic N) is 1. The zero-order valence-electron chi connectivity index (χ0n) is 11.8. The SMILES string of the molecule is COCCC(C)(O)CNC(=O)Cc1ncccc1C. The van der Waals surface area contributed by atoms with Crippen molar-refractivity contribution in [3.63, 3.8) is 0 Å². The van der Waals surface area contributed by atoms with E-state index in [0.29, 0.717) is 13.0 Å². The minimum absolute atomic E-state index is 0.139. The quantitative estimate of drug-likeness (QED) is 0.767. The normalized spacial score (nSPS) is 13.9. The average Bonchev–Trinajstić information content (AvgIpc) is 2.37. The fourth-order valence-corrected chi connectivity index (χ4v) is 1.62. The lowest BCUT2D eigenvalue weighted by molar-refractivity contribution is -0.121. The molecule has 1 atom stereocenters. The van der Waals surface area contributed by atoms with Gasteiger partial charge in [-0.15, -0.1) is 0 Å². The predicted octanol–water partition coefficient (Wildman–Crippen LogP) is 0.836. The van der Waals surface area contributed by atoms with E-state index in [-0.39, 0.29) is 18.9 Å². The van der Waals surface area contributed by atoms with Crippen molar-refractivity contribution in [2.45, 2.75) is 32.3 Å². The molecule has 0 aliphatic carbocycles. The molecule has 1 rings (SSSR count). The van der Waals surface area contributed by atoms with Crippen LogP contribution in [0, 0.1) is 6.92 Å². The molecule has 0 saturated heterocycles. The number of methoxy groups -OCH3 is 1. The van der Waals surface area contributed by atoms with E-state index >= 15 is 0 Å². The standard InChI is InChI=1S/C14H22N2O3/c1-11-5-4-7-15-12(11)9-13(17)16-10-14(2,18)6-8-19-3/h4-5,7,18H,6,8-10H2,1-3H3,(H,16,17). The van der Waals surface area contributed by atoms with Gasteiger partial charge in [-0.2, -0.15) is 0 Å². The molecule has 0 saturated carbocycles. The fraction of sp³-hybridized carbons (Fsp3) is 0.571. The zero-order valence-corrected chi connectivity index (χ0v) is 11.8. The van der Waals surface area contributed by atoms with Gasteiger partial charge in [0.1, 0.15) is 0 Å². The molecule has 19 heavy (non-hydrogen) atoms. The molecule has 1 unspecified atom stereocenters. The van der Waals surface area contributed by atoms with E-state index in [1.807, 2.05) is 19.1 Å². The Hall–Kier alpha value is -1.46. The Morgan fingerprint density at radius 2 is 2.32 bits per heavy atom. The van der Waals surface area contributed by atoms with Crippen molar-refractivity contribution in [3.05, 3.63) is 29.6 Å². The van der Waals surface area contributed by atoms with Crippen LogP contribution in [0.3, 0.4) is 0 Å². The maximum atomic E-state index is 11.8. The molecule has 2 N–H and O–H groups in total. The maximum absolute atomic E-state index is 11.8. The van der Waals surface area contributed by atoms with Crippen LogP contribution in [0.2, 0.25) is 0 Å². The van der Waals surface area contributed by atoms with E-state index < -0.39 is 5.60 Å². The highest BCUT2D eigenvalue weighted by Crippen LogP contribution is 2.08. The van der Waals surface area contributed by atoms with Gasteiger partial charge in [-0.25, -0.2) is 0 Å². The summed E-state index contributed by atoms with van der Waals surface area (Å²) in [5.74, 6) is -0.139. The highest BCUT2D eigenvalue weighted by atomic mass is 16.5. The molecule has 1 amide bonds. The lowest BCUT2D eigenvalue weighted by atomic mass is 10.0. The summed E-state index contributed by atoms with van der Waals surface area (Å²) in [6.07, 6.45) is 2.38. The first kappa shape index (κ1) is 15.6. The number of aryl methyl sites for hydroxylation is 1. The lowest BCUT2D eigenvalue weighted by Gasteiger charge is -2.23. The molecule has 0 spiro atoms. The summed E-state index contributed by atoms with van der Waals surface area (Å²) in [5.41, 5.74) is 0.797. The molecule has 1 heterocycles. The van der Waals surface area contributed by atoms with Gasteiger partial charge in [0.15, 0.2) is 0 Å². The fourth-order valence-electron chi connectivity index (χ4n) is 1.62. The number of rotatable bonds is 7. The van der Waals surface area contributed by atoms with E-state index in [2.05, 4.69) is 10.3 Å². The van der Waals surface area contributed by atoms with Crippen LogP contribution in [-0.4, -0.2) is 41.9 Å². The molecule has 5 nitrogen and oxygen atoms in total. The minimum Gasteiger partial charge on any atom is -0.388 e. The van der Waals surface area contributed by atoms with Gasteiger partial charge in [0.2, 0.25) is 5.91 Å². The molecular formula is C14H22N2O3. The summed E-state index contributed by atoms with van der Waals surface area (Å²) in [5, 5.41) is 12.7. The molecule has 5 heteroatoms. The third kappa shape index (κ3) is 5.81. The minimum atomic E-state index is -0.954. The molecule has 1 aromatic rings. The summed E-state index contributed by atoms with van der Waals surface area (Å²) in [4.78, 5) is 16.0. The van der Waals surface area contributed by atoms with E-state index in [1.54, 1.807) is 20.2 Å². The Morgan fingerprint density at radius 1 is 1.58 bits per heavy atom. The van der Waals surface area contributed by atoms with Gasteiger partial charge in [-0.1, -0.05) is 6.07 Å². The summed E-state index contributed by atoms with van der Waals surface area (Å²) in [6.45, 7) is 4.27. The number of ether oxygens (including phenoxy) is 1. The van der Waals surface area contributed by atoms with Gasteiger partial charge in [-0.05, 0) is 25.5 Å².